The van der Waals surface area contributed by atoms with Gasteiger partial charge in [0.05, 0.1) is 11.5 Å². The molecule has 1 unspecified atom stereocenters. The van der Waals surface area contributed by atoms with Gasteiger partial charge in [0.1, 0.15) is 0 Å². The lowest BCUT2D eigenvalue weighted by atomic mass is 9.89. The molecule has 0 aliphatic carbocycles. The first kappa shape index (κ1) is 16.5. The molecule has 0 aromatic rings. The zero-order chi connectivity index (χ0) is 14.3. The average Bonchev–Trinajstić information content (AvgIpc) is 2.82. The van der Waals surface area contributed by atoms with E-state index in [0.29, 0.717) is 6.04 Å². The largest absolute Gasteiger partial charge is 0.316 e. The molecule has 110 valence electrons. The summed E-state index contributed by atoms with van der Waals surface area (Å²) in [4.78, 5) is 2.57. The normalized spacial score (nSPS) is 20.9. The molecule has 1 saturated heterocycles. The molecule has 0 bridgehead atoms. The van der Waals surface area contributed by atoms with E-state index in [1.165, 1.54) is 25.9 Å². The molecule has 1 fully saturated rings. The van der Waals surface area contributed by atoms with Crippen LogP contribution in [-0.4, -0.2) is 37.1 Å². The third-order valence-electron chi connectivity index (χ3n) is 4.19. The van der Waals surface area contributed by atoms with E-state index < -0.39 is 0 Å². The maximum absolute atomic E-state index is 8.94. The van der Waals surface area contributed by atoms with Gasteiger partial charge in [0.25, 0.3) is 0 Å². The summed E-state index contributed by atoms with van der Waals surface area (Å²) in [6.07, 6.45) is 4.68. The smallest absolute Gasteiger partial charge is 0.0683 e. The number of rotatable bonds is 8. The molecule has 0 radical (unpaired) electrons. The topological polar surface area (TPSA) is 39.1 Å². The van der Waals surface area contributed by atoms with Crippen molar-refractivity contribution >= 4 is 0 Å². The number of nitrogens with zero attached hydrogens (tertiary/aromatic N) is 2. The lowest BCUT2D eigenvalue weighted by molar-refractivity contribution is 0.264. The van der Waals surface area contributed by atoms with Crippen LogP contribution in [0.25, 0.3) is 0 Å². The van der Waals surface area contributed by atoms with Crippen molar-refractivity contribution in [2.24, 2.45) is 11.3 Å². The number of hydrogen-bond acceptors (Lipinski definition) is 3. The maximum Gasteiger partial charge on any atom is 0.0683 e. The van der Waals surface area contributed by atoms with Crippen molar-refractivity contribution in [2.45, 2.75) is 59.4 Å². The predicted molar refractivity (Wildman–Crippen MR) is 80.9 cm³/mol. The second-order valence-corrected chi connectivity index (χ2v) is 6.90. The van der Waals surface area contributed by atoms with Crippen molar-refractivity contribution in [3.8, 4) is 6.07 Å². The molecule has 1 N–H and O–H groups in total. The fourth-order valence-electron chi connectivity index (χ4n) is 2.68. The molecule has 0 aromatic carbocycles. The summed E-state index contributed by atoms with van der Waals surface area (Å²) in [5.74, 6) is 0.831. The quantitative estimate of drug-likeness (QED) is 0.686. The van der Waals surface area contributed by atoms with Crippen LogP contribution in [0.1, 0.15) is 53.4 Å². The predicted octanol–water partition coefficient (Wildman–Crippen LogP) is 3.03. The fourth-order valence-corrected chi connectivity index (χ4v) is 2.68. The van der Waals surface area contributed by atoms with Gasteiger partial charge < -0.3 is 10.2 Å². The van der Waals surface area contributed by atoms with Gasteiger partial charge in [-0.05, 0) is 72.5 Å². The van der Waals surface area contributed by atoms with E-state index in [1.54, 1.807) is 0 Å². The second-order valence-electron chi connectivity index (χ2n) is 6.90. The van der Waals surface area contributed by atoms with Crippen LogP contribution in [0, 0.1) is 22.7 Å². The molecular formula is C16H31N3. The monoisotopic (exact) mass is 265 g/mol. The molecule has 3 nitrogen and oxygen atoms in total. The Kier molecular flexibility index (Phi) is 6.82. The molecular weight excluding hydrogens is 234 g/mol. The third-order valence-corrected chi connectivity index (χ3v) is 4.19. The van der Waals surface area contributed by atoms with Crippen molar-refractivity contribution in [1.82, 2.24) is 10.2 Å². The molecule has 3 heteroatoms. The molecule has 1 aliphatic heterocycles. The second kappa shape index (κ2) is 7.87. The van der Waals surface area contributed by atoms with Crippen LogP contribution in [0.4, 0.5) is 0 Å². The van der Waals surface area contributed by atoms with E-state index in [-0.39, 0.29) is 5.41 Å². The number of nitrogens with one attached hydrogen (secondary N) is 1. The highest BCUT2D eigenvalue weighted by Crippen LogP contribution is 2.21. The van der Waals surface area contributed by atoms with Crippen molar-refractivity contribution in [3.63, 3.8) is 0 Å². The van der Waals surface area contributed by atoms with Crippen LogP contribution in [0.3, 0.4) is 0 Å². The van der Waals surface area contributed by atoms with Gasteiger partial charge in [-0.15, -0.1) is 0 Å². The van der Waals surface area contributed by atoms with Crippen molar-refractivity contribution < 1.29 is 0 Å². The van der Waals surface area contributed by atoms with Crippen LogP contribution in [0.2, 0.25) is 0 Å². The molecule has 0 saturated carbocycles. The lowest BCUT2D eigenvalue weighted by Crippen LogP contribution is -2.31. The van der Waals surface area contributed by atoms with Crippen molar-refractivity contribution in [1.29, 1.82) is 5.26 Å². The van der Waals surface area contributed by atoms with Crippen LogP contribution < -0.4 is 5.32 Å². The molecule has 1 atom stereocenters. The van der Waals surface area contributed by atoms with Gasteiger partial charge in [-0.2, -0.15) is 5.26 Å². The number of unbranched alkanes of at least 4 members (excludes halogenated alkanes) is 1. The van der Waals surface area contributed by atoms with E-state index >= 15 is 0 Å². The van der Waals surface area contributed by atoms with Gasteiger partial charge >= 0.3 is 0 Å². The minimum atomic E-state index is -0.150. The van der Waals surface area contributed by atoms with E-state index in [1.807, 2.05) is 13.8 Å². The Morgan fingerprint density at radius 1 is 1.37 bits per heavy atom. The van der Waals surface area contributed by atoms with E-state index in [2.05, 4.69) is 30.1 Å². The van der Waals surface area contributed by atoms with E-state index in [4.69, 9.17) is 5.26 Å². The van der Waals surface area contributed by atoms with Gasteiger partial charge in [0.2, 0.25) is 0 Å². The molecule has 1 aliphatic rings. The lowest BCUT2D eigenvalue weighted by Gasteiger charge is -2.20. The van der Waals surface area contributed by atoms with E-state index in [9.17, 15) is 0 Å². The third kappa shape index (κ3) is 6.40. The molecule has 0 aromatic heterocycles. The van der Waals surface area contributed by atoms with Crippen LogP contribution >= 0.6 is 0 Å². The average molecular weight is 265 g/mol. The van der Waals surface area contributed by atoms with Crippen molar-refractivity contribution in [2.75, 3.05) is 26.2 Å². The van der Waals surface area contributed by atoms with Gasteiger partial charge in [-0.25, -0.2) is 0 Å². The zero-order valence-corrected chi connectivity index (χ0v) is 13.2. The van der Waals surface area contributed by atoms with Gasteiger partial charge in [0, 0.05) is 12.6 Å². The van der Waals surface area contributed by atoms with Crippen molar-refractivity contribution in [3.05, 3.63) is 0 Å². The first-order valence-corrected chi connectivity index (χ1v) is 7.80. The number of likely N-dealkylation sites (tertiary alicyclic amines) is 1. The molecule has 1 rings (SSSR count). The Bertz CT molecular complexity index is 291. The molecule has 0 spiro atoms. The highest BCUT2D eigenvalue weighted by atomic mass is 15.2. The zero-order valence-electron chi connectivity index (χ0n) is 13.2. The van der Waals surface area contributed by atoms with Crippen LogP contribution in [0.15, 0.2) is 0 Å². The van der Waals surface area contributed by atoms with Gasteiger partial charge in [-0.3, -0.25) is 0 Å². The maximum atomic E-state index is 8.94. The molecule has 0 amide bonds. The summed E-state index contributed by atoms with van der Waals surface area (Å²) >= 11 is 0. The summed E-state index contributed by atoms with van der Waals surface area (Å²) in [7, 11) is 0. The number of nitriles is 1. The highest BCUT2D eigenvalue weighted by molar-refractivity contribution is 4.91. The summed E-state index contributed by atoms with van der Waals surface area (Å²) in [6, 6.07) is 3.06. The number of hydrogen-bond donors (Lipinski definition) is 1. The van der Waals surface area contributed by atoms with Crippen LogP contribution in [-0.2, 0) is 0 Å². The Labute approximate surface area is 119 Å². The summed E-state index contributed by atoms with van der Waals surface area (Å²) in [5, 5.41) is 12.5. The summed E-state index contributed by atoms with van der Waals surface area (Å²) in [5.41, 5.74) is -0.150. The minimum Gasteiger partial charge on any atom is -0.316 e. The standard InChI is InChI=1S/C16H31N3/c1-14(2)19-10-7-15(12-19)11-18-9-6-5-8-16(3,4)13-17/h14-15,18H,5-12H2,1-4H3. The Morgan fingerprint density at radius 3 is 2.68 bits per heavy atom. The van der Waals surface area contributed by atoms with Gasteiger partial charge in [0.15, 0.2) is 0 Å². The van der Waals surface area contributed by atoms with E-state index in [0.717, 1.165) is 31.8 Å². The SMILES string of the molecule is CC(C)N1CCC(CNCCCCC(C)(C)C#N)C1. The van der Waals surface area contributed by atoms with Gasteiger partial charge in [-0.1, -0.05) is 6.42 Å². The minimum absolute atomic E-state index is 0.150. The Hall–Kier alpha value is -0.590. The first-order valence-electron chi connectivity index (χ1n) is 7.80. The summed E-state index contributed by atoms with van der Waals surface area (Å²) in [6.45, 7) is 13.4. The highest BCUT2D eigenvalue weighted by Gasteiger charge is 2.23. The Morgan fingerprint density at radius 2 is 2.11 bits per heavy atom. The molecule has 19 heavy (non-hydrogen) atoms. The summed E-state index contributed by atoms with van der Waals surface area (Å²) < 4.78 is 0. The fraction of sp³-hybridized carbons (Fsp3) is 0.938. The molecule has 1 heterocycles. The van der Waals surface area contributed by atoms with Crippen LogP contribution in [0.5, 0.6) is 0 Å². The Balaban J connectivity index is 1.99. The first-order chi connectivity index (χ1) is 8.94.